The van der Waals surface area contributed by atoms with Gasteiger partial charge in [0.05, 0.1) is 6.54 Å². The van der Waals surface area contributed by atoms with Gasteiger partial charge >= 0.3 is 5.69 Å². The fourth-order valence-electron chi connectivity index (χ4n) is 1.99. The minimum atomic E-state index is -0.611. The fraction of sp³-hybridized carbons (Fsp3) is 0.462. The van der Waals surface area contributed by atoms with Crippen molar-refractivity contribution in [3.8, 4) is 6.07 Å². The van der Waals surface area contributed by atoms with Gasteiger partial charge in [-0.1, -0.05) is 13.8 Å². The molecule has 2 rings (SSSR count). The van der Waals surface area contributed by atoms with E-state index in [0.29, 0.717) is 18.3 Å². The molecule has 0 saturated carbocycles. The van der Waals surface area contributed by atoms with E-state index < -0.39 is 11.2 Å². The van der Waals surface area contributed by atoms with Crippen LogP contribution in [0.1, 0.15) is 25.2 Å². The van der Waals surface area contributed by atoms with Crippen LogP contribution in [-0.2, 0) is 20.1 Å². The topological polar surface area (TPSA) is 98.5 Å². The van der Waals surface area contributed by atoms with E-state index in [4.69, 9.17) is 5.26 Å². The Bertz CT molecular complexity index is 805. The molecule has 2 aromatic rings. The molecule has 0 radical (unpaired) electrons. The van der Waals surface area contributed by atoms with Crippen LogP contribution in [0.15, 0.2) is 22.1 Å². The van der Waals surface area contributed by atoms with E-state index in [9.17, 15) is 9.59 Å². The molecule has 0 amide bonds. The zero-order valence-electron chi connectivity index (χ0n) is 12.1. The van der Waals surface area contributed by atoms with E-state index in [-0.39, 0.29) is 12.1 Å². The molecule has 2 aromatic heterocycles. The molecule has 0 aromatic carbocycles. The van der Waals surface area contributed by atoms with Gasteiger partial charge in [-0.3, -0.25) is 9.36 Å². The number of aromatic nitrogens is 5. The first-order valence-corrected chi connectivity index (χ1v) is 6.51. The fourth-order valence-corrected chi connectivity index (χ4v) is 1.99. The smallest absolute Gasteiger partial charge is 0.302 e. The highest BCUT2D eigenvalue weighted by molar-refractivity contribution is 5.22. The zero-order chi connectivity index (χ0) is 15.6. The van der Waals surface area contributed by atoms with Crippen molar-refractivity contribution in [1.29, 1.82) is 5.26 Å². The van der Waals surface area contributed by atoms with Crippen molar-refractivity contribution in [1.82, 2.24) is 23.9 Å². The summed E-state index contributed by atoms with van der Waals surface area (Å²) in [4.78, 5) is 28.3. The van der Waals surface area contributed by atoms with Gasteiger partial charge < -0.3 is 4.57 Å². The van der Waals surface area contributed by atoms with Crippen LogP contribution in [0.2, 0.25) is 0 Å². The van der Waals surface area contributed by atoms with Crippen LogP contribution in [0.3, 0.4) is 0 Å². The molecule has 0 aliphatic carbocycles. The summed E-state index contributed by atoms with van der Waals surface area (Å²) in [5.74, 6) is 0.869. The van der Waals surface area contributed by atoms with Crippen LogP contribution < -0.4 is 11.2 Å². The summed E-state index contributed by atoms with van der Waals surface area (Å²) < 4.78 is 3.87. The molecule has 8 heteroatoms. The first-order chi connectivity index (χ1) is 9.93. The molecule has 0 unspecified atom stereocenters. The maximum atomic E-state index is 12.1. The van der Waals surface area contributed by atoms with Crippen molar-refractivity contribution < 1.29 is 0 Å². The van der Waals surface area contributed by atoms with Crippen LogP contribution >= 0.6 is 0 Å². The molecule has 8 nitrogen and oxygen atoms in total. The lowest BCUT2D eigenvalue weighted by Gasteiger charge is -2.10. The van der Waals surface area contributed by atoms with Crippen LogP contribution in [0.5, 0.6) is 0 Å². The van der Waals surface area contributed by atoms with Crippen molar-refractivity contribution in [3.63, 3.8) is 0 Å². The minimum absolute atomic E-state index is 0.00620. The summed E-state index contributed by atoms with van der Waals surface area (Å²) in [6.45, 7) is 4.70. The third kappa shape index (κ3) is 2.91. The molecular weight excluding hydrogens is 272 g/mol. The van der Waals surface area contributed by atoms with E-state index in [1.807, 2.05) is 13.8 Å². The highest BCUT2D eigenvalue weighted by atomic mass is 16.2. The summed E-state index contributed by atoms with van der Waals surface area (Å²) in [5.41, 5.74) is -1.18. The Labute approximate surface area is 120 Å². The second-order valence-electron chi connectivity index (χ2n) is 5.19. The highest BCUT2D eigenvalue weighted by Crippen LogP contribution is 2.02. The monoisotopic (exact) mass is 288 g/mol. The zero-order valence-corrected chi connectivity index (χ0v) is 12.1. The molecule has 0 aliphatic rings. The van der Waals surface area contributed by atoms with Gasteiger partial charge in [0.15, 0.2) is 0 Å². The second-order valence-corrected chi connectivity index (χ2v) is 5.19. The van der Waals surface area contributed by atoms with Gasteiger partial charge in [0, 0.05) is 19.8 Å². The largest absolute Gasteiger partial charge is 0.331 e. The van der Waals surface area contributed by atoms with Gasteiger partial charge in [-0.05, 0) is 5.92 Å². The van der Waals surface area contributed by atoms with E-state index in [0.717, 1.165) is 4.57 Å². The van der Waals surface area contributed by atoms with Crippen LogP contribution in [0, 0.1) is 17.2 Å². The van der Waals surface area contributed by atoms with E-state index in [1.54, 1.807) is 10.8 Å². The number of rotatable bonds is 4. The van der Waals surface area contributed by atoms with Gasteiger partial charge in [-0.15, -0.1) is 0 Å². The number of aryl methyl sites for hydroxylation is 1. The second kappa shape index (κ2) is 5.75. The molecule has 0 fully saturated rings. The van der Waals surface area contributed by atoms with Crippen molar-refractivity contribution in [2.24, 2.45) is 13.0 Å². The first-order valence-electron chi connectivity index (χ1n) is 6.51. The number of nitriles is 1. The van der Waals surface area contributed by atoms with Crippen molar-refractivity contribution in [2.45, 2.75) is 26.9 Å². The Balaban J connectivity index is 2.48. The SMILES string of the molecule is CC(C)Cn1ncnc1Cn1c(=O)c(C#N)cn(C)c1=O. The van der Waals surface area contributed by atoms with E-state index >= 15 is 0 Å². The molecule has 0 bridgehead atoms. The molecule has 0 aliphatic heterocycles. The summed E-state index contributed by atoms with van der Waals surface area (Å²) >= 11 is 0. The maximum Gasteiger partial charge on any atom is 0.331 e. The molecular formula is C13H16N6O2. The Hall–Kier alpha value is -2.69. The molecule has 21 heavy (non-hydrogen) atoms. The first kappa shape index (κ1) is 14.7. The van der Waals surface area contributed by atoms with Gasteiger partial charge in [-0.2, -0.15) is 10.4 Å². The third-order valence-corrected chi connectivity index (χ3v) is 2.98. The van der Waals surface area contributed by atoms with Gasteiger partial charge in [0.2, 0.25) is 0 Å². The Morgan fingerprint density at radius 3 is 2.71 bits per heavy atom. The van der Waals surface area contributed by atoms with Gasteiger partial charge in [-0.25, -0.2) is 14.5 Å². The number of hydrogen-bond acceptors (Lipinski definition) is 5. The van der Waals surface area contributed by atoms with Crippen LogP contribution in [0.25, 0.3) is 0 Å². The summed E-state index contributed by atoms with van der Waals surface area (Å²) in [7, 11) is 1.50. The molecule has 110 valence electrons. The maximum absolute atomic E-state index is 12.1. The predicted molar refractivity (Wildman–Crippen MR) is 74.6 cm³/mol. The Morgan fingerprint density at radius 1 is 1.38 bits per heavy atom. The predicted octanol–water partition coefficient (Wildman–Crippen LogP) is -0.286. The Morgan fingerprint density at radius 2 is 2.10 bits per heavy atom. The van der Waals surface area contributed by atoms with Crippen molar-refractivity contribution >= 4 is 0 Å². The summed E-state index contributed by atoms with van der Waals surface area (Å²) in [6.07, 6.45) is 2.63. The standard InChI is InChI=1S/C13H16N6O2/c1-9(2)5-19-11(15-8-16-19)7-18-12(20)10(4-14)6-17(3)13(18)21/h6,8-9H,5,7H2,1-3H3. The van der Waals surface area contributed by atoms with E-state index in [2.05, 4.69) is 10.1 Å². The lowest BCUT2D eigenvalue weighted by atomic mass is 10.2. The Kier molecular flexibility index (Phi) is 4.03. The van der Waals surface area contributed by atoms with Crippen molar-refractivity contribution in [2.75, 3.05) is 0 Å². The molecule has 2 heterocycles. The molecule has 0 N–H and O–H groups in total. The molecule has 0 spiro atoms. The minimum Gasteiger partial charge on any atom is -0.302 e. The summed E-state index contributed by atoms with van der Waals surface area (Å²) in [5, 5.41) is 13.0. The average Bonchev–Trinajstić information content (AvgIpc) is 2.85. The number of hydrogen-bond donors (Lipinski definition) is 0. The lowest BCUT2D eigenvalue weighted by Crippen LogP contribution is -2.40. The van der Waals surface area contributed by atoms with Crippen LogP contribution in [0.4, 0.5) is 0 Å². The average molecular weight is 288 g/mol. The molecule has 0 atom stereocenters. The normalized spacial score (nSPS) is 10.8. The molecule has 0 saturated heterocycles. The van der Waals surface area contributed by atoms with Gasteiger partial charge in [0.25, 0.3) is 5.56 Å². The highest BCUT2D eigenvalue weighted by Gasteiger charge is 2.13. The summed E-state index contributed by atoms with van der Waals surface area (Å²) in [6, 6.07) is 1.79. The quantitative estimate of drug-likeness (QED) is 0.770. The van der Waals surface area contributed by atoms with E-state index in [1.165, 1.54) is 24.1 Å². The number of nitrogens with zero attached hydrogens (tertiary/aromatic N) is 6. The lowest BCUT2D eigenvalue weighted by molar-refractivity contribution is 0.456. The third-order valence-electron chi connectivity index (χ3n) is 2.98. The van der Waals surface area contributed by atoms with Gasteiger partial charge in [0.1, 0.15) is 23.8 Å². The van der Waals surface area contributed by atoms with Crippen molar-refractivity contribution in [3.05, 3.63) is 44.8 Å². The van der Waals surface area contributed by atoms with Crippen LogP contribution in [-0.4, -0.2) is 23.9 Å².